The van der Waals surface area contributed by atoms with Crippen molar-refractivity contribution in [1.29, 1.82) is 0 Å². The summed E-state index contributed by atoms with van der Waals surface area (Å²) in [7, 11) is 0. The Morgan fingerprint density at radius 3 is 2.42 bits per heavy atom. The summed E-state index contributed by atoms with van der Waals surface area (Å²) < 4.78 is 19.1. The van der Waals surface area contributed by atoms with Gasteiger partial charge in [-0.15, -0.1) is 0 Å². The van der Waals surface area contributed by atoms with Crippen LogP contribution in [0.1, 0.15) is 27.9 Å². The zero-order chi connectivity index (χ0) is 22.0. The van der Waals surface area contributed by atoms with Crippen LogP contribution in [0.15, 0.2) is 60.8 Å². The fourth-order valence-corrected chi connectivity index (χ4v) is 2.94. The molecule has 2 heterocycles. The number of para-hydroxylation sites is 2. The number of nitrogens with one attached hydrogen (secondary N) is 1. The number of carbonyl (C=O) groups is 2. The number of ether oxygens (including phenoxy) is 1. The lowest BCUT2D eigenvalue weighted by Gasteiger charge is -2.12. The smallest absolute Gasteiger partial charge is 0.279 e. The molecule has 0 atom stereocenters. The van der Waals surface area contributed by atoms with Gasteiger partial charge in [0.2, 0.25) is 0 Å². The molecule has 0 fully saturated rings. The third-order valence-electron chi connectivity index (χ3n) is 4.24. The maximum absolute atomic E-state index is 13.4. The van der Waals surface area contributed by atoms with Crippen molar-refractivity contribution in [2.24, 2.45) is 0 Å². The van der Waals surface area contributed by atoms with Crippen LogP contribution in [0.5, 0.6) is 11.6 Å². The number of hydrogen-bond donors (Lipinski definition) is 1. The molecule has 4 aromatic rings. The van der Waals surface area contributed by atoms with E-state index in [9.17, 15) is 14.0 Å². The summed E-state index contributed by atoms with van der Waals surface area (Å²) in [6, 6.07) is 13.6. The van der Waals surface area contributed by atoms with E-state index in [4.69, 9.17) is 16.3 Å². The maximum atomic E-state index is 13.4. The molecule has 7 nitrogen and oxygen atoms in total. The molecule has 1 N–H and O–H groups in total. The van der Waals surface area contributed by atoms with E-state index in [2.05, 4.69) is 20.3 Å². The first-order chi connectivity index (χ1) is 14.9. The van der Waals surface area contributed by atoms with Gasteiger partial charge >= 0.3 is 0 Å². The quantitative estimate of drug-likeness (QED) is 0.439. The van der Waals surface area contributed by atoms with Gasteiger partial charge in [0.05, 0.1) is 27.9 Å². The summed E-state index contributed by atoms with van der Waals surface area (Å²) in [6.45, 7) is 1.40. The number of halogens is 2. The van der Waals surface area contributed by atoms with Gasteiger partial charge in [-0.25, -0.2) is 14.4 Å². The van der Waals surface area contributed by atoms with E-state index >= 15 is 0 Å². The van der Waals surface area contributed by atoms with Crippen LogP contribution in [0.4, 0.5) is 10.1 Å². The highest BCUT2D eigenvalue weighted by molar-refractivity contribution is 6.32. The first-order valence-corrected chi connectivity index (χ1v) is 9.46. The number of Topliss-reactive ketones (excluding diaryl/α,β-unsaturated/α-hetero) is 1. The molecule has 0 aliphatic rings. The number of aromatic nitrogens is 3. The van der Waals surface area contributed by atoms with Gasteiger partial charge in [-0.3, -0.25) is 14.6 Å². The molecule has 31 heavy (non-hydrogen) atoms. The van der Waals surface area contributed by atoms with E-state index in [1.54, 1.807) is 30.3 Å². The number of pyridine rings is 1. The highest BCUT2D eigenvalue weighted by Gasteiger charge is 2.20. The lowest BCUT2D eigenvalue weighted by molar-refractivity contribution is 0.100. The largest absolute Gasteiger partial charge is 0.435 e. The van der Waals surface area contributed by atoms with Crippen LogP contribution in [0.25, 0.3) is 11.0 Å². The summed E-state index contributed by atoms with van der Waals surface area (Å²) in [4.78, 5) is 37.1. The second-order valence-corrected chi connectivity index (χ2v) is 6.89. The van der Waals surface area contributed by atoms with Crippen molar-refractivity contribution in [3.8, 4) is 11.6 Å². The second kappa shape index (κ2) is 8.45. The lowest BCUT2D eigenvalue weighted by atomic mass is 10.2. The monoisotopic (exact) mass is 436 g/mol. The molecule has 1 amide bonds. The van der Waals surface area contributed by atoms with Crippen LogP contribution in [-0.4, -0.2) is 26.6 Å². The Kier molecular flexibility index (Phi) is 5.55. The standard InChI is InChI=1S/C22H14ClFN4O3/c1-12(29)16-8-7-14(11-25-16)26-21(30)20-22(28-18-5-3-2-4-17(18)27-20)31-19-9-6-13(24)10-15(19)23/h2-11H,1H3,(H,26,30). The zero-order valence-corrected chi connectivity index (χ0v) is 16.9. The maximum Gasteiger partial charge on any atom is 0.279 e. The van der Waals surface area contributed by atoms with E-state index in [1.807, 2.05) is 0 Å². The molecular weight excluding hydrogens is 423 g/mol. The minimum atomic E-state index is -0.608. The molecule has 2 aromatic carbocycles. The number of rotatable bonds is 5. The minimum Gasteiger partial charge on any atom is -0.435 e. The van der Waals surface area contributed by atoms with E-state index in [0.717, 1.165) is 6.07 Å². The first-order valence-electron chi connectivity index (χ1n) is 9.09. The van der Waals surface area contributed by atoms with Gasteiger partial charge in [0.25, 0.3) is 11.8 Å². The summed E-state index contributed by atoms with van der Waals surface area (Å²) in [6.07, 6.45) is 1.36. The first kappa shape index (κ1) is 20.4. The van der Waals surface area contributed by atoms with E-state index in [1.165, 1.54) is 31.3 Å². The van der Waals surface area contributed by atoms with Crippen molar-refractivity contribution >= 4 is 40.0 Å². The lowest BCUT2D eigenvalue weighted by Crippen LogP contribution is -2.16. The van der Waals surface area contributed by atoms with Crippen LogP contribution >= 0.6 is 11.6 Å². The Hall–Kier alpha value is -3.91. The van der Waals surface area contributed by atoms with Gasteiger partial charge in [0.15, 0.2) is 11.5 Å². The Bertz CT molecular complexity index is 1310. The van der Waals surface area contributed by atoms with Crippen molar-refractivity contribution in [1.82, 2.24) is 15.0 Å². The van der Waals surface area contributed by atoms with Crippen molar-refractivity contribution in [2.75, 3.05) is 5.32 Å². The summed E-state index contributed by atoms with van der Waals surface area (Å²) in [5, 5.41) is 2.67. The number of anilines is 1. The molecule has 154 valence electrons. The third kappa shape index (κ3) is 4.49. The highest BCUT2D eigenvalue weighted by Crippen LogP contribution is 2.31. The molecule has 0 aliphatic heterocycles. The number of fused-ring (bicyclic) bond motifs is 1. The molecule has 0 bridgehead atoms. The minimum absolute atomic E-state index is 0.0188. The molecule has 0 radical (unpaired) electrons. The second-order valence-electron chi connectivity index (χ2n) is 6.49. The zero-order valence-electron chi connectivity index (χ0n) is 16.1. The Morgan fingerprint density at radius 1 is 1.03 bits per heavy atom. The molecule has 0 spiro atoms. The van der Waals surface area contributed by atoms with E-state index in [-0.39, 0.29) is 33.8 Å². The number of ketones is 1. The van der Waals surface area contributed by atoms with E-state index < -0.39 is 11.7 Å². The number of amides is 1. The summed E-state index contributed by atoms with van der Waals surface area (Å²) in [5.41, 5.74) is 1.51. The SMILES string of the molecule is CC(=O)c1ccc(NC(=O)c2nc3ccccc3nc2Oc2ccc(F)cc2Cl)cn1. The van der Waals surface area contributed by atoms with Crippen LogP contribution < -0.4 is 10.1 Å². The number of carbonyl (C=O) groups excluding carboxylic acids is 2. The Morgan fingerprint density at radius 2 is 1.77 bits per heavy atom. The van der Waals surface area contributed by atoms with Gasteiger partial charge in [-0.05, 0) is 42.5 Å². The van der Waals surface area contributed by atoms with Crippen LogP contribution in [0.2, 0.25) is 5.02 Å². The summed E-state index contributed by atoms with van der Waals surface area (Å²) >= 11 is 6.05. The molecule has 0 saturated heterocycles. The molecular formula is C22H14ClFN4O3. The third-order valence-corrected chi connectivity index (χ3v) is 4.53. The van der Waals surface area contributed by atoms with Gasteiger partial charge in [0.1, 0.15) is 17.3 Å². The van der Waals surface area contributed by atoms with Gasteiger partial charge in [-0.1, -0.05) is 23.7 Å². The van der Waals surface area contributed by atoms with Gasteiger partial charge in [0, 0.05) is 6.92 Å². The van der Waals surface area contributed by atoms with Gasteiger partial charge in [-0.2, -0.15) is 0 Å². The number of nitrogens with zero attached hydrogens (tertiary/aromatic N) is 3. The van der Waals surface area contributed by atoms with Crippen molar-refractivity contribution < 1.29 is 18.7 Å². The molecule has 4 rings (SSSR count). The highest BCUT2D eigenvalue weighted by atomic mass is 35.5. The van der Waals surface area contributed by atoms with Gasteiger partial charge < -0.3 is 10.1 Å². The average molecular weight is 437 g/mol. The Labute approximate surface area is 180 Å². The molecule has 2 aromatic heterocycles. The summed E-state index contributed by atoms with van der Waals surface area (Å²) in [5.74, 6) is -1.30. The van der Waals surface area contributed by atoms with Crippen LogP contribution in [-0.2, 0) is 0 Å². The van der Waals surface area contributed by atoms with Crippen LogP contribution in [0, 0.1) is 5.82 Å². The van der Waals surface area contributed by atoms with Crippen molar-refractivity contribution in [3.63, 3.8) is 0 Å². The average Bonchev–Trinajstić information content (AvgIpc) is 2.75. The Balaban J connectivity index is 1.71. The number of hydrogen-bond acceptors (Lipinski definition) is 6. The van der Waals surface area contributed by atoms with Crippen molar-refractivity contribution in [2.45, 2.75) is 6.92 Å². The molecule has 0 unspecified atom stereocenters. The fraction of sp³-hybridized carbons (Fsp3) is 0.0455. The van der Waals surface area contributed by atoms with E-state index in [0.29, 0.717) is 16.7 Å². The predicted octanol–water partition coefficient (Wildman–Crippen LogP) is 5.06. The van der Waals surface area contributed by atoms with Crippen LogP contribution in [0.3, 0.4) is 0 Å². The normalized spacial score (nSPS) is 10.7. The number of benzene rings is 2. The molecule has 0 aliphatic carbocycles. The molecule has 9 heteroatoms. The predicted molar refractivity (Wildman–Crippen MR) is 113 cm³/mol. The van der Waals surface area contributed by atoms with Crippen molar-refractivity contribution in [3.05, 3.63) is 83.0 Å². The fourth-order valence-electron chi connectivity index (χ4n) is 2.73. The molecule has 0 saturated carbocycles. The topological polar surface area (TPSA) is 94.1 Å².